The van der Waals surface area contributed by atoms with E-state index in [1.54, 1.807) is 0 Å². The van der Waals surface area contributed by atoms with Crippen LogP contribution < -0.4 is 9.44 Å². The Labute approximate surface area is 77.3 Å². The zero-order valence-corrected chi connectivity index (χ0v) is 7.89. The van der Waals surface area contributed by atoms with E-state index in [1.165, 1.54) is 0 Å². The minimum Gasteiger partial charge on any atom is -0.759 e. The zero-order chi connectivity index (χ0) is 10.3. The van der Waals surface area contributed by atoms with Crippen molar-refractivity contribution in [2.45, 2.75) is 0 Å². The van der Waals surface area contributed by atoms with Gasteiger partial charge >= 0.3 is 10.3 Å². The largest absolute Gasteiger partial charge is 0.759 e. The highest BCUT2D eigenvalue weighted by molar-refractivity contribution is 7.97. The van der Waals surface area contributed by atoms with Crippen LogP contribution in [0.1, 0.15) is 0 Å². The third-order valence-electron chi connectivity index (χ3n) is 0.738. The SMILES string of the molecule is O=CNCCOS(=O)(=O)NS(=O)[O-]. The highest BCUT2D eigenvalue weighted by Gasteiger charge is 2.08. The van der Waals surface area contributed by atoms with Crippen molar-refractivity contribution in [1.29, 1.82) is 0 Å². The van der Waals surface area contributed by atoms with E-state index in [1.807, 2.05) is 0 Å². The maximum absolute atomic E-state index is 10.6. The number of carbonyl (C=O) groups excluding carboxylic acids is 1. The van der Waals surface area contributed by atoms with E-state index in [-0.39, 0.29) is 13.2 Å². The Morgan fingerprint density at radius 3 is 2.62 bits per heavy atom. The number of hydrogen-bond acceptors (Lipinski definition) is 6. The maximum atomic E-state index is 10.6. The Morgan fingerprint density at radius 1 is 1.54 bits per heavy atom. The molecule has 1 unspecified atom stereocenters. The fourth-order valence-electron chi connectivity index (χ4n) is 0.377. The van der Waals surface area contributed by atoms with Crippen LogP contribution in [0.4, 0.5) is 0 Å². The minimum absolute atomic E-state index is 0.0318. The molecule has 8 nitrogen and oxygen atoms in total. The molecule has 1 amide bonds. The normalized spacial score (nSPS) is 13.6. The molecule has 0 heterocycles. The predicted octanol–water partition coefficient (Wildman–Crippen LogP) is -2.62. The summed E-state index contributed by atoms with van der Waals surface area (Å²) in [5.41, 5.74) is 0. The van der Waals surface area contributed by atoms with Gasteiger partial charge in [0.25, 0.3) is 0 Å². The molecule has 0 aliphatic heterocycles. The predicted molar refractivity (Wildman–Crippen MR) is 41.0 cm³/mol. The molecule has 0 spiro atoms. The van der Waals surface area contributed by atoms with Crippen LogP contribution in [-0.4, -0.2) is 36.7 Å². The van der Waals surface area contributed by atoms with Crippen LogP contribution in [0, 0.1) is 0 Å². The summed E-state index contributed by atoms with van der Waals surface area (Å²) in [7, 11) is -4.28. The number of rotatable bonds is 7. The first-order valence-electron chi connectivity index (χ1n) is 2.91. The van der Waals surface area contributed by atoms with Gasteiger partial charge in [0, 0.05) is 17.8 Å². The molecule has 1 atom stereocenters. The van der Waals surface area contributed by atoms with Crippen molar-refractivity contribution in [1.82, 2.24) is 9.44 Å². The monoisotopic (exact) mass is 231 g/mol. The lowest BCUT2D eigenvalue weighted by molar-refractivity contribution is -0.109. The van der Waals surface area contributed by atoms with E-state index in [0.29, 0.717) is 6.41 Å². The summed E-state index contributed by atoms with van der Waals surface area (Å²) in [6, 6.07) is 0. The lowest BCUT2D eigenvalue weighted by atomic mass is 10.7. The summed E-state index contributed by atoms with van der Waals surface area (Å²) < 4.78 is 46.1. The van der Waals surface area contributed by atoms with Gasteiger partial charge in [-0.15, -0.1) is 4.13 Å². The van der Waals surface area contributed by atoms with Gasteiger partial charge in [0.05, 0.1) is 6.61 Å². The quantitative estimate of drug-likeness (QED) is 0.281. The second-order valence-electron chi connectivity index (χ2n) is 1.67. The third-order valence-corrected chi connectivity index (χ3v) is 2.58. The average molecular weight is 231 g/mol. The highest BCUT2D eigenvalue weighted by atomic mass is 32.3. The Morgan fingerprint density at radius 2 is 2.15 bits per heavy atom. The molecule has 0 aromatic carbocycles. The van der Waals surface area contributed by atoms with Crippen LogP contribution >= 0.6 is 0 Å². The molecule has 0 rings (SSSR count). The molecule has 0 bridgehead atoms. The summed E-state index contributed by atoms with van der Waals surface area (Å²) in [6.45, 7) is -0.374. The fraction of sp³-hybridized carbons (Fsp3) is 0.667. The number of nitrogens with one attached hydrogen (secondary N) is 2. The summed E-state index contributed by atoms with van der Waals surface area (Å²) in [5, 5.41) is 2.12. The first kappa shape index (κ1) is 12.4. The molecule has 0 aromatic heterocycles. The summed E-state index contributed by atoms with van der Waals surface area (Å²) >= 11 is -2.95. The summed E-state index contributed by atoms with van der Waals surface area (Å²) in [6.07, 6.45) is 0.356. The van der Waals surface area contributed by atoms with E-state index in [4.69, 9.17) is 0 Å². The third kappa shape index (κ3) is 7.80. The van der Waals surface area contributed by atoms with Gasteiger partial charge in [-0.05, 0) is 0 Å². The lowest BCUT2D eigenvalue weighted by Crippen LogP contribution is -2.30. The van der Waals surface area contributed by atoms with Gasteiger partial charge in [0.15, 0.2) is 0 Å². The Hall–Kier alpha value is -0.550. The lowest BCUT2D eigenvalue weighted by Gasteiger charge is -2.07. The van der Waals surface area contributed by atoms with Gasteiger partial charge in [0.2, 0.25) is 6.41 Å². The molecule has 0 fully saturated rings. The molecule has 0 aliphatic rings. The first-order chi connectivity index (χ1) is 5.98. The van der Waals surface area contributed by atoms with Gasteiger partial charge in [-0.3, -0.25) is 13.2 Å². The van der Waals surface area contributed by atoms with Crippen LogP contribution in [-0.2, 0) is 30.5 Å². The van der Waals surface area contributed by atoms with Crippen molar-refractivity contribution in [3.05, 3.63) is 0 Å². The van der Waals surface area contributed by atoms with Gasteiger partial charge < -0.3 is 9.87 Å². The number of carbonyl (C=O) groups is 1. The molecular weight excluding hydrogens is 224 g/mol. The number of hydrogen-bond donors (Lipinski definition) is 2. The van der Waals surface area contributed by atoms with E-state index >= 15 is 0 Å². The standard InChI is InChI=1S/C3H8N2O6S2/c6-3-4-1-2-11-13(9,10)5-12(7)8/h3,5H,1-2H2,(H,4,6)(H,7,8)/p-1. The maximum Gasteiger partial charge on any atom is 0.346 e. The van der Waals surface area contributed by atoms with Crippen molar-refractivity contribution in [2.75, 3.05) is 13.2 Å². The summed E-state index contributed by atoms with van der Waals surface area (Å²) in [4.78, 5) is 9.68. The van der Waals surface area contributed by atoms with Crippen LogP contribution in [0.3, 0.4) is 0 Å². The fourth-order valence-corrected chi connectivity index (χ4v) is 1.54. The van der Waals surface area contributed by atoms with Crippen molar-refractivity contribution in [2.24, 2.45) is 0 Å². The van der Waals surface area contributed by atoms with Gasteiger partial charge in [-0.25, -0.2) is 0 Å². The molecule has 2 N–H and O–H groups in total. The zero-order valence-electron chi connectivity index (χ0n) is 6.26. The van der Waals surface area contributed by atoms with Crippen LogP contribution in [0.25, 0.3) is 0 Å². The Kier molecular flexibility index (Phi) is 5.73. The topological polar surface area (TPSA) is 125 Å². The van der Waals surface area contributed by atoms with Crippen molar-refractivity contribution in [3.63, 3.8) is 0 Å². The van der Waals surface area contributed by atoms with E-state index < -0.39 is 21.6 Å². The summed E-state index contributed by atoms with van der Waals surface area (Å²) in [5.74, 6) is 0. The van der Waals surface area contributed by atoms with Crippen molar-refractivity contribution < 1.29 is 26.2 Å². The van der Waals surface area contributed by atoms with Crippen LogP contribution in [0.15, 0.2) is 0 Å². The van der Waals surface area contributed by atoms with Gasteiger partial charge in [-0.1, -0.05) is 0 Å². The first-order valence-corrected chi connectivity index (χ1v) is 5.39. The van der Waals surface area contributed by atoms with Gasteiger partial charge in [0.1, 0.15) is 0 Å². The van der Waals surface area contributed by atoms with E-state index in [2.05, 4.69) is 9.50 Å². The minimum atomic E-state index is -4.28. The molecule has 13 heavy (non-hydrogen) atoms. The molecule has 0 saturated carbocycles. The van der Waals surface area contributed by atoms with Crippen LogP contribution in [0.2, 0.25) is 0 Å². The highest BCUT2D eigenvalue weighted by Crippen LogP contribution is 1.86. The molecular formula is C3H7N2O6S2-. The molecule has 0 aliphatic carbocycles. The van der Waals surface area contributed by atoms with E-state index in [0.717, 1.165) is 4.13 Å². The van der Waals surface area contributed by atoms with Gasteiger partial charge in [-0.2, -0.15) is 8.42 Å². The molecule has 78 valence electrons. The molecule has 0 aromatic rings. The second kappa shape index (κ2) is 5.99. The molecule has 0 saturated heterocycles. The van der Waals surface area contributed by atoms with Crippen molar-refractivity contribution >= 4 is 28.0 Å². The van der Waals surface area contributed by atoms with Crippen LogP contribution in [0.5, 0.6) is 0 Å². The Balaban J connectivity index is 3.76. The smallest absolute Gasteiger partial charge is 0.346 e. The second-order valence-corrected chi connectivity index (χ2v) is 3.95. The Bertz CT molecular complexity index is 274. The number of amides is 1. The van der Waals surface area contributed by atoms with E-state index in [9.17, 15) is 22.0 Å². The molecule has 10 heteroatoms. The van der Waals surface area contributed by atoms with Crippen molar-refractivity contribution in [3.8, 4) is 0 Å². The average Bonchev–Trinajstić information content (AvgIpc) is 1.95. The molecule has 0 radical (unpaired) electrons.